The molecule has 7 heteroatoms. The van der Waals surface area contributed by atoms with E-state index in [1.807, 2.05) is 68.4 Å². The van der Waals surface area contributed by atoms with Crippen molar-refractivity contribution in [3.8, 4) is 11.5 Å². The number of rotatable bonds is 5. The van der Waals surface area contributed by atoms with Crippen molar-refractivity contribution < 1.29 is 9.53 Å². The van der Waals surface area contributed by atoms with E-state index in [0.29, 0.717) is 16.7 Å². The van der Waals surface area contributed by atoms with Crippen molar-refractivity contribution >= 4 is 39.0 Å². The fourth-order valence-corrected chi connectivity index (χ4v) is 5.59. The minimum atomic E-state index is -0.132. The van der Waals surface area contributed by atoms with Crippen molar-refractivity contribution in [2.24, 2.45) is 0 Å². The highest BCUT2D eigenvalue weighted by molar-refractivity contribution is 7.20. The minimum Gasteiger partial charge on any atom is -0.457 e. The van der Waals surface area contributed by atoms with Crippen LogP contribution in [0.1, 0.15) is 47.2 Å². The fraction of sp³-hybridized carbons (Fsp3) is 0.296. The van der Waals surface area contributed by atoms with Crippen molar-refractivity contribution in [1.29, 1.82) is 0 Å². The molecule has 0 bridgehead atoms. The summed E-state index contributed by atoms with van der Waals surface area (Å²) >= 11 is 1.44. The molecule has 0 radical (unpaired) electrons. The van der Waals surface area contributed by atoms with E-state index < -0.39 is 0 Å². The molecule has 2 aromatic heterocycles. The molecule has 1 aliphatic rings. The minimum absolute atomic E-state index is 0.132. The summed E-state index contributed by atoms with van der Waals surface area (Å²) in [5.74, 6) is 3.06. The third-order valence-electron chi connectivity index (χ3n) is 6.26. The lowest BCUT2D eigenvalue weighted by Crippen LogP contribution is -2.38. The van der Waals surface area contributed by atoms with Gasteiger partial charge in [-0.1, -0.05) is 18.2 Å². The van der Waals surface area contributed by atoms with Crippen LogP contribution in [0.4, 0.5) is 11.5 Å². The molecule has 6 nitrogen and oxygen atoms in total. The number of carbonyl (C=O) groups excluding carboxylic acids is 1. The second-order valence-corrected chi connectivity index (χ2v) is 9.76. The molecular formula is C27H28N4O2S. The monoisotopic (exact) mass is 472 g/mol. The molecule has 1 saturated heterocycles. The number of benzene rings is 2. The number of nitrogens with one attached hydrogen (secondary N) is 1. The zero-order valence-corrected chi connectivity index (χ0v) is 20.5. The van der Waals surface area contributed by atoms with Crippen LogP contribution in [0.2, 0.25) is 0 Å². The molecule has 3 heterocycles. The predicted molar refractivity (Wildman–Crippen MR) is 138 cm³/mol. The Balaban J connectivity index is 1.39. The maximum Gasteiger partial charge on any atom is 0.266 e. The van der Waals surface area contributed by atoms with E-state index in [1.165, 1.54) is 17.8 Å². The molecule has 0 aliphatic carbocycles. The van der Waals surface area contributed by atoms with Crippen molar-refractivity contribution in [3.63, 3.8) is 0 Å². The zero-order valence-electron chi connectivity index (χ0n) is 19.7. The number of aromatic nitrogens is 2. The van der Waals surface area contributed by atoms with E-state index in [4.69, 9.17) is 9.72 Å². The number of amides is 1. The Morgan fingerprint density at radius 3 is 2.50 bits per heavy atom. The highest BCUT2D eigenvalue weighted by Gasteiger charge is 2.26. The second kappa shape index (κ2) is 9.43. The van der Waals surface area contributed by atoms with E-state index in [9.17, 15) is 4.79 Å². The molecule has 1 atom stereocenters. The molecule has 0 saturated carbocycles. The maximum absolute atomic E-state index is 13.2. The molecule has 2 aromatic carbocycles. The van der Waals surface area contributed by atoms with Gasteiger partial charge in [-0.25, -0.2) is 9.97 Å². The van der Waals surface area contributed by atoms with Gasteiger partial charge >= 0.3 is 0 Å². The summed E-state index contributed by atoms with van der Waals surface area (Å²) in [6.07, 6.45) is 3.57. The van der Waals surface area contributed by atoms with Crippen molar-refractivity contribution in [2.75, 3.05) is 16.8 Å². The highest BCUT2D eigenvalue weighted by atomic mass is 32.1. The first-order valence-corrected chi connectivity index (χ1v) is 12.5. The number of anilines is 2. The lowest BCUT2D eigenvalue weighted by atomic mass is 10.0. The number of hydrogen-bond donors (Lipinski definition) is 1. The third-order valence-corrected chi connectivity index (χ3v) is 7.44. The molecule has 4 aromatic rings. The van der Waals surface area contributed by atoms with Gasteiger partial charge in [0.1, 0.15) is 28.0 Å². The van der Waals surface area contributed by atoms with Crippen molar-refractivity contribution in [1.82, 2.24) is 9.97 Å². The SMILES string of the molecule is Cc1nc(N2CCCCC2C)c2c(C)c(C(=O)Nc3ccc(Oc4ccccc4)cc3)sc2n1. The number of thiophene rings is 1. The third kappa shape index (κ3) is 4.48. The normalized spacial score (nSPS) is 16.0. The topological polar surface area (TPSA) is 67.4 Å². The van der Waals surface area contributed by atoms with Gasteiger partial charge in [0.05, 0.1) is 10.3 Å². The number of fused-ring (bicyclic) bond motifs is 1. The van der Waals surface area contributed by atoms with Gasteiger partial charge in [-0.05, 0) is 82.0 Å². The Hall–Kier alpha value is -3.45. The van der Waals surface area contributed by atoms with Gasteiger partial charge < -0.3 is 15.0 Å². The number of aryl methyl sites for hydroxylation is 2. The zero-order chi connectivity index (χ0) is 23.7. The average Bonchev–Trinajstić information content (AvgIpc) is 3.17. The van der Waals surface area contributed by atoms with Crippen LogP contribution in [0.3, 0.4) is 0 Å². The van der Waals surface area contributed by atoms with Gasteiger partial charge in [-0.3, -0.25) is 4.79 Å². The number of hydrogen-bond acceptors (Lipinski definition) is 6. The lowest BCUT2D eigenvalue weighted by molar-refractivity contribution is 0.103. The van der Waals surface area contributed by atoms with Crippen LogP contribution in [0.15, 0.2) is 54.6 Å². The standard InChI is InChI=1S/C27H28N4O2S/c1-17-9-7-8-16-31(17)25-23-18(2)24(34-27(23)29-19(3)28-25)26(32)30-20-12-14-22(15-13-20)33-21-10-5-4-6-11-21/h4-6,10-15,17H,7-9,16H2,1-3H3,(H,30,32). The van der Waals surface area contributed by atoms with Crippen LogP contribution in [0.5, 0.6) is 11.5 Å². The summed E-state index contributed by atoms with van der Waals surface area (Å²) in [5, 5.41) is 4.03. The maximum atomic E-state index is 13.2. The number of para-hydroxylation sites is 1. The lowest BCUT2D eigenvalue weighted by Gasteiger charge is -2.35. The van der Waals surface area contributed by atoms with E-state index in [2.05, 4.69) is 22.1 Å². The van der Waals surface area contributed by atoms with Gasteiger partial charge in [0.2, 0.25) is 0 Å². The number of nitrogens with zero attached hydrogens (tertiary/aromatic N) is 3. The summed E-state index contributed by atoms with van der Waals surface area (Å²) in [6, 6.07) is 17.5. The van der Waals surface area contributed by atoms with Crippen molar-refractivity contribution in [2.45, 2.75) is 46.1 Å². The van der Waals surface area contributed by atoms with Crippen LogP contribution in [0, 0.1) is 13.8 Å². The van der Waals surface area contributed by atoms with Crippen LogP contribution in [-0.4, -0.2) is 28.5 Å². The molecule has 0 spiro atoms. The molecule has 1 amide bonds. The number of piperidine rings is 1. The molecular weight excluding hydrogens is 444 g/mol. The van der Waals surface area contributed by atoms with E-state index in [1.54, 1.807) is 0 Å². The number of carbonyl (C=O) groups is 1. The molecule has 5 rings (SSSR count). The van der Waals surface area contributed by atoms with E-state index >= 15 is 0 Å². The highest BCUT2D eigenvalue weighted by Crippen LogP contribution is 2.38. The quantitative estimate of drug-likeness (QED) is 0.349. The second-order valence-electron chi connectivity index (χ2n) is 8.76. The Labute approximate surface area is 203 Å². The van der Waals surface area contributed by atoms with E-state index in [0.717, 1.165) is 58.2 Å². The first-order valence-electron chi connectivity index (χ1n) is 11.7. The largest absolute Gasteiger partial charge is 0.457 e. The molecule has 34 heavy (non-hydrogen) atoms. The van der Waals surface area contributed by atoms with Gasteiger partial charge in [-0.15, -0.1) is 11.3 Å². The summed E-state index contributed by atoms with van der Waals surface area (Å²) < 4.78 is 5.84. The average molecular weight is 473 g/mol. The molecule has 1 aliphatic heterocycles. The van der Waals surface area contributed by atoms with Crippen LogP contribution in [0.25, 0.3) is 10.2 Å². The van der Waals surface area contributed by atoms with Crippen LogP contribution >= 0.6 is 11.3 Å². The molecule has 174 valence electrons. The molecule has 1 N–H and O–H groups in total. The van der Waals surface area contributed by atoms with Crippen molar-refractivity contribution in [3.05, 3.63) is 70.9 Å². The Bertz CT molecular complexity index is 1320. The summed E-state index contributed by atoms with van der Waals surface area (Å²) in [6.45, 7) is 7.16. The molecule has 1 fully saturated rings. The first kappa shape index (κ1) is 22.3. The molecule has 1 unspecified atom stereocenters. The van der Waals surface area contributed by atoms with Gasteiger partial charge in [0, 0.05) is 18.3 Å². The fourth-order valence-electron chi connectivity index (χ4n) is 4.48. The Morgan fingerprint density at radius 2 is 1.76 bits per heavy atom. The van der Waals surface area contributed by atoms with Gasteiger partial charge in [0.25, 0.3) is 5.91 Å². The Morgan fingerprint density at radius 1 is 1.03 bits per heavy atom. The Kier molecular flexibility index (Phi) is 6.20. The van der Waals surface area contributed by atoms with Gasteiger partial charge in [-0.2, -0.15) is 0 Å². The smallest absolute Gasteiger partial charge is 0.266 e. The van der Waals surface area contributed by atoms with Gasteiger partial charge in [0.15, 0.2) is 0 Å². The predicted octanol–water partition coefficient (Wildman–Crippen LogP) is 6.73. The van der Waals surface area contributed by atoms with Crippen LogP contribution in [-0.2, 0) is 0 Å². The summed E-state index contributed by atoms with van der Waals surface area (Å²) in [7, 11) is 0. The van der Waals surface area contributed by atoms with Crippen LogP contribution < -0.4 is 15.0 Å². The summed E-state index contributed by atoms with van der Waals surface area (Å²) in [4.78, 5) is 26.6. The first-order chi connectivity index (χ1) is 16.5. The number of ether oxygens (including phenoxy) is 1. The van der Waals surface area contributed by atoms with E-state index in [-0.39, 0.29) is 5.91 Å². The summed E-state index contributed by atoms with van der Waals surface area (Å²) in [5.41, 5.74) is 1.66.